The van der Waals surface area contributed by atoms with Crippen LogP contribution in [0.2, 0.25) is 0 Å². The second-order valence-electron chi connectivity index (χ2n) is 3.93. The summed E-state index contributed by atoms with van der Waals surface area (Å²) >= 11 is 0. The SMILES string of the molecule is O=C([O-])c1ccc(C(=O)OCc2ccccc2)cc1.[K+]. The van der Waals surface area contributed by atoms with Crippen LogP contribution in [0.25, 0.3) is 0 Å². The summed E-state index contributed by atoms with van der Waals surface area (Å²) in [6.07, 6.45) is 0. The summed E-state index contributed by atoms with van der Waals surface area (Å²) in [6, 6.07) is 14.7. The van der Waals surface area contributed by atoms with Gasteiger partial charge in [-0.2, -0.15) is 0 Å². The molecule has 0 saturated carbocycles. The van der Waals surface area contributed by atoms with Crippen LogP contribution in [0.15, 0.2) is 54.6 Å². The Morgan fingerprint density at radius 2 is 1.45 bits per heavy atom. The zero-order chi connectivity index (χ0) is 13.7. The molecule has 96 valence electrons. The Labute approximate surface area is 159 Å². The van der Waals surface area contributed by atoms with Gasteiger partial charge in [0.05, 0.1) is 11.5 Å². The van der Waals surface area contributed by atoms with Crippen molar-refractivity contribution in [1.82, 2.24) is 0 Å². The molecule has 20 heavy (non-hydrogen) atoms. The minimum Gasteiger partial charge on any atom is -0.545 e. The van der Waals surface area contributed by atoms with E-state index in [9.17, 15) is 14.7 Å². The smallest absolute Gasteiger partial charge is 0.545 e. The van der Waals surface area contributed by atoms with E-state index in [4.69, 9.17) is 4.74 Å². The number of benzene rings is 2. The molecule has 0 fully saturated rings. The molecule has 0 aromatic heterocycles. The Kier molecular flexibility index (Phi) is 7.11. The van der Waals surface area contributed by atoms with Crippen molar-refractivity contribution in [3.05, 3.63) is 71.3 Å². The van der Waals surface area contributed by atoms with Gasteiger partial charge in [0, 0.05) is 0 Å². The van der Waals surface area contributed by atoms with E-state index in [1.54, 1.807) is 0 Å². The molecule has 0 unspecified atom stereocenters. The van der Waals surface area contributed by atoms with Crippen molar-refractivity contribution in [2.75, 3.05) is 0 Å². The summed E-state index contributed by atoms with van der Waals surface area (Å²) in [6.45, 7) is 0.182. The molecule has 0 aliphatic rings. The summed E-state index contributed by atoms with van der Waals surface area (Å²) < 4.78 is 5.11. The molecule has 2 aromatic carbocycles. The number of hydrogen-bond donors (Lipinski definition) is 0. The molecule has 0 radical (unpaired) electrons. The van der Waals surface area contributed by atoms with Crippen LogP contribution in [0.1, 0.15) is 26.3 Å². The first kappa shape index (κ1) is 17.1. The molecule has 0 spiro atoms. The summed E-state index contributed by atoms with van der Waals surface area (Å²) in [5, 5.41) is 10.6. The Balaban J connectivity index is 0.00000200. The van der Waals surface area contributed by atoms with Crippen LogP contribution >= 0.6 is 0 Å². The third-order valence-corrected chi connectivity index (χ3v) is 2.57. The molecule has 4 nitrogen and oxygen atoms in total. The fourth-order valence-electron chi connectivity index (χ4n) is 1.55. The van der Waals surface area contributed by atoms with Gasteiger partial charge in [-0.25, -0.2) is 4.79 Å². The first-order chi connectivity index (χ1) is 9.16. The molecule has 2 rings (SSSR count). The van der Waals surface area contributed by atoms with Crippen molar-refractivity contribution in [2.45, 2.75) is 6.61 Å². The van der Waals surface area contributed by atoms with Gasteiger partial charge < -0.3 is 14.6 Å². The van der Waals surface area contributed by atoms with Gasteiger partial charge in [-0.3, -0.25) is 0 Å². The van der Waals surface area contributed by atoms with E-state index in [0.29, 0.717) is 5.56 Å². The fraction of sp³-hybridized carbons (Fsp3) is 0.0667. The number of esters is 1. The number of ether oxygens (including phenoxy) is 1. The number of carbonyl (C=O) groups is 2. The molecular formula is C15H11KO4. The van der Waals surface area contributed by atoms with Crippen molar-refractivity contribution in [3.8, 4) is 0 Å². The molecular weight excluding hydrogens is 283 g/mol. The number of aromatic carboxylic acids is 1. The molecule has 2 aromatic rings. The normalized spacial score (nSPS) is 9.40. The van der Waals surface area contributed by atoms with E-state index < -0.39 is 11.9 Å². The van der Waals surface area contributed by atoms with E-state index >= 15 is 0 Å². The first-order valence-electron chi connectivity index (χ1n) is 5.69. The summed E-state index contributed by atoms with van der Waals surface area (Å²) in [4.78, 5) is 22.3. The Morgan fingerprint density at radius 1 is 0.900 bits per heavy atom. The molecule has 0 heterocycles. The maximum atomic E-state index is 11.7. The fourth-order valence-corrected chi connectivity index (χ4v) is 1.55. The van der Waals surface area contributed by atoms with Crippen molar-refractivity contribution in [2.24, 2.45) is 0 Å². The Bertz CT molecular complexity index is 579. The summed E-state index contributed by atoms with van der Waals surface area (Å²) in [7, 11) is 0. The number of rotatable bonds is 4. The number of carbonyl (C=O) groups excluding carboxylic acids is 2. The van der Waals surface area contributed by atoms with Crippen LogP contribution in [-0.4, -0.2) is 11.9 Å². The summed E-state index contributed by atoms with van der Waals surface area (Å²) in [5.74, 6) is -1.77. The molecule has 0 bridgehead atoms. The van der Waals surface area contributed by atoms with Crippen LogP contribution < -0.4 is 56.5 Å². The second-order valence-corrected chi connectivity index (χ2v) is 3.93. The first-order valence-corrected chi connectivity index (χ1v) is 5.69. The van der Waals surface area contributed by atoms with Gasteiger partial charge in [-0.1, -0.05) is 42.5 Å². The van der Waals surface area contributed by atoms with Crippen LogP contribution in [-0.2, 0) is 11.3 Å². The van der Waals surface area contributed by atoms with Crippen LogP contribution in [0.3, 0.4) is 0 Å². The van der Waals surface area contributed by atoms with E-state index in [0.717, 1.165) is 5.56 Å². The standard InChI is InChI=1S/C15H12O4.K/c16-14(17)12-6-8-13(9-7-12)15(18)19-10-11-4-2-1-3-5-11;/h1-9H,10H2,(H,16,17);/q;+1/p-1. The topological polar surface area (TPSA) is 66.4 Å². The molecule has 0 aliphatic carbocycles. The maximum Gasteiger partial charge on any atom is 1.00 e. The van der Waals surface area contributed by atoms with E-state index in [1.165, 1.54) is 24.3 Å². The van der Waals surface area contributed by atoms with Crippen molar-refractivity contribution in [1.29, 1.82) is 0 Å². The van der Waals surface area contributed by atoms with Gasteiger partial charge in [-0.05, 0) is 23.3 Å². The average Bonchev–Trinajstić information content (AvgIpc) is 2.46. The molecule has 0 atom stereocenters. The van der Waals surface area contributed by atoms with Gasteiger partial charge in [-0.15, -0.1) is 0 Å². The zero-order valence-corrected chi connectivity index (χ0v) is 14.2. The van der Waals surface area contributed by atoms with Crippen LogP contribution in [0.5, 0.6) is 0 Å². The summed E-state index contributed by atoms with van der Waals surface area (Å²) in [5.41, 5.74) is 1.22. The number of carboxylic acid groups (broad SMARTS) is 1. The third-order valence-electron chi connectivity index (χ3n) is 2.57. The molecule has 0 saturated heterocycles. The van der Waals surface area contributed by atoms with Gasteiger partial charge >= 0.3 is 57.4 Å². The minimum absolute atomic E-state index is 0. The Morgan fingerprint density at radius 3 is 2.00 bits per heavy atom. The van der Waals surface area contributed by atoms with Gasteiger partial charge in [0.15, 0.2) is 0 Å². The molecule has 0 amide bonds. The number of hydrogen-bond acceptors (Lipinski definition) is 4. The largest absolute Gasteiger partial charge is 1.00 e. The van der Waals surface area contributed by atoms with E-state index in [2.05, 4.69) is 0 Å². The predicted octanol–water partition coefficient (Wildman–Crippen LogP) is -1.59. The van der Waals surface area contributed by atoms with Gasteiger partial charge in [0.25, 0.3) is 0 Å². The van der Waals surface area contributed by atoms with Crippen LogP contribution in [0.4, 0.5) is 0 Å². The monoisotopic (exact) mass is 294 g/mol. The maximum absolute atomic E-state index is 11.7. The van der Waals surface area contributed by atoms with Gasteiger partial charge in [0.1, 0.15) is 6.61 Å². The predicted molar refractivity (Wildman–Crippen MR) is 66.3 cm³/mol. The Hall–Kier alpha value is -0.984. The quantitative estimate of drug-likeness (QED) is 0.504. The molecule has 0 aliphatic heterocycles. The minimum atomic E-state index is -1.27. The van der Waals surface area contributed by atoms with Crippen molar-refractivity contribution < 1.29 is 70.8 Å². The molecule has 0 N–H and O–H groups in total. The number of carboxylic acids is 1. The zero-order valence-electron chi connectivity index (χ0n) is 11.0. The van der Waals surface area contributed by atoms with Crippen LogP contribution in [0, 0.1) is 0 Å². The third kappa shape index (κ3) is 4.84. The van der Waals surface area contributed by atoms with Crippen molar-refractivity contribution >= 4 is 11.9 Å². The van der Waals surface area contributed by atoms with Gasteiger partial charge in [0.2, 0.25) is 0 Å². The molecule has 5 heteroatoms. The average molecular weight is 294 g/mol. The van der Waals surface area contributed by atoms with E-state index in [1.807, 2.05) is 30.3 Å². The van der Waals surface area contributed by atoms with E-state index in [-0.39, 0.29) is 63.6 Å². The van der Waals surface area contributed by atoms with Crippen molar-refractivity contribution in [3.63, 3.8) is 0 Å². The second kappa shape index (κ2) is 8.34.